The summed E-state index contributed by atoms with van der Waals surface area (Å²) in [4.78, 5) is 24.3. The number of imide groups is 1. The zero-order chi connectivity index (χ0) is 15.2. The van der Waals surface area contributed by atoms with Crippen molar-refractivity contribution < 1.29 is 22.8 Å². The van der Waals surface area contributed by atoms with Crippen molar-refractivity contribution in [2.24, 2.45) is 0 Å². The minimum absolute atomic E-state index is 0.0463. The lowest BCUT2D eigenvalue weighted by molar-refractivity contribution is -0.136. The molecule has 1 aliphatic heterocycles. The number of carbonyl (C=O) groups is 2. The quantitative estimate of drug-likeness (QED) is 0.756. The zero-order valence-electron chi connectivity index (χ0n) is 10.5. The molecule has 0 fully saturated rings. The van der Waals surface area contributed by atoms with Gasteiger partial charge in [0.1, 0.15) is 0 Å². The molecular formula is C15H8F3NO2. The van der Waals surface area contributed by atoms with Crippen LogP contribution in [0.1, 0.15) is 5.56 Å². The van der Waals surface area contributed by atoms with E-state index in [1.807, 2.05) is 0 Å². The average molecular weight is 291 g/mol. The Hall–Kier alpha value is -2.63. The van der Waals surface area contributed by atoms with Crippen LogP contribution in [0.5, 0.6) is 0 Å². The van der Waals surface area contributed by atoms with Gasteiger partial charge in [-0.05, 0) is 17.5 Å². The standard InChI is InChI=1S/C15H8F3NO2/c16-15(17,18)11-5-6-12(10-4-2-1-3-9(10)11)19-13(20)7-8-14(19)21/h1-8H. The molecule has 2 amide bonds. The number of nitrogens with zero attached hydrogens (tertiary/aromatic N) is 1. The molecule has 0 radical (unpaired) electrons. The van der Waals surface area contributed by atoms with E-state index in [9.17, 15) is 22.8 Å². The predicted molar refractivity (Wildman–Crippen MR) is 70.6 cm³/mol. The third-order valence-corrected chi connectivity index (χ3v) is 3.26. The minimum atomic E-state index is -4.50. The molecule has 21 heavy (non-hydrogen) atoms. The predicted octanol–water partition coefficient (Wildman–Crippen LogP) is 3.29. The number of amides is 2. The Kier molecular flexibility index (Phi) is 2.83. The maximum atomic E-state index is 13.0. The highest BCUT2D eigenvalue weighted by Gasteiger charge is 2.34. The molecule has 0 aromatic heterocycles. The first kappa shape index (κ1) is 13.4. The molecule has 2 aromatic rings. The highest BCUT2D eigenvalue weighted by Crippen LogP contribution is 2.39. The number of halogens is 3. The largest absolute Gasteiger partial charge is 0.417 e. The highest BCUT2D eigenvalue weighted by molar-refractivity contribution is 6.30. The maximum absolute atomic E-state index is 13.0. The molecule has 0 spiro atoms. The van der Waals surface area contributed by atoms with Crippen LogP contribution >= 0.6 is 0 Å². The number of carbonyl (C=O) groups excluding carboxylic acids is 2. The van der Waals surface area contributed by atoms with Gasteiger partial charge in [-0.25, -0.2) is 4.90 Å². The van der Waals surface area contributed by atoms with Gasteiger partial charge in [-0.2, -0.15) is 13.2 Å². The summed E-state index contributed by atoms with van der Waals surface area (Å²) >= 11 is 0. The molecule has 0 bridgehead atoms. The normalized spacial score (nSPS) is 15.3. The molecule has 0 saturated heterocycles. The van der Waals surface area contributed by atoms with E-state index in [-0.39, 0.29) is 16.5 Å². The number of hydrogen-bond acceptors (Lipinski definition) is 2. The van der Waals surface area contributed by atoms with Crippen LogP contribution < -0.4 is 4.90 Å². The summed E-state index contributed by atoms with van der Waals surface area (Å²) in [5, 5.41) is 0.160. The van der Waals surface area contributed by atoms with Crippen LogP contribution in [-0.4, -0.2) is 11.8 Å². The highest BCUT2D eigenvalue weighted by atomic mass is 19.4. The van der Waals surface area contributed by atoms with E-state index >= 15 is 0 Å². The van der Waals surface area contributed by atoms with Crippen molar-refractivity contribution in [2.75, 3.05) is 4.90 Å². The Morgan fingerprint density at radius 1 is 0.810 bits per heavy atom. The Bertz CT molecular complexity index is 775. The third-order valence-electron chi connectivity index (χ3n) is 3.26. The first-order chi connectivity index (χ1) is 9.89. The number of rotatable bonds is 1. The van der Waals surface area contributed by atoms with Gasteiger partial charge >= 0.3 is 6.18 Å². The molecule has 106 valence electrons. The number of hydrogen-bond donors (Lipinski definition) is 0. The summed E-state index contributed by atoms with van der Waals surface area (Å²) in [6.07, 6.45) is -2.32. The van der Waals surface area contributed by atoms with Gasteiger partial charge in [0.15, 0.2) is 0 Å². The molecule has 0 unspecified atom stereocenters. The molecule has 2 aromatic carbocycles. The Morgan fingerprint density at radius 2 is 1.38 bits per heavy atom. The molecule has 3 rings (SSSR count). The lowest BCUT2D eigenvalue weighted by Crippen LogP contribution is -2.29. The maximum Gasteiger partial charge on any atom is 0.417 e. The van der Waals surface area contributed by atoms with E-state index in [2.05, 4.69) is 0 Å². The fourth-order valence-corrected chi connectivity index (χ4v) is 2.36. The second kappa shape index (κ2) is 4.44. The summed E-state index contributed by atoms with van der Waals surface area (Å²) in [5.74, 6) is -1.13. The number of alkyl halides is 3. The van der Waals surface area contributed by atoms with Crippen LogP contribution in [0.2, 0.25) is 0 Å². The summed E-state index contributed by atoms with van der Waals surface area (Å²) in [7, 11) is 0. The van der Waals surface area contributed by atoms with E-state index in [1.165, 1.54) is 18.2 Å². The smallest absolute Gasteiger partial charge is 0.269 e. The fraction of sp³-hybridized carbons (Fsp3) is 0.0667. The van der Waals surface area contributed by atoms with E-state index in [0.29, 0.717) is 0 Å². The van der Waals surface area contributed by atoms with Crippen molar-refractivity contribution in [3.8, 4) is 0 Å². The second-order valence-corrected chi connectivity index (χ2v) is 4.52. The van der Waals surface area contributed by atoms with Gasteiger partial charge in [0.2, 0.25) is 0 Å². The van der Waals surface area contributed by atoms with Gasteiger partial charge in [-0.15, -0.1) is 0 Å². The topological polar surface area (TPSA) is 37.4 Å². The molecule has 0 N–H and O–H groups in total. The molecular weight excluding hydrogens is 283 g/mol. The first-order valence-corrected chi connectivity index (χ1v) is 6.04. The Labute approximate surface area is 117 Å². The van der Waals surface area contributed by atoms with Crippen LogP contribution in [0.3, 0.4) is 0 Å². The Morgan fingerprint density at radius 3 is 1.95 bits per heavy atom. The third kappa shape index (κ3) is 2.08. The molecule has 6 heteroatoms. The summed E-state index contributed by atoms with van der Waals surface area (Å²) in [6.45, 7) is 0. The van der Waals surface area contributed by atoms with Gasteiger partial charge < -0.3 is 0 Å². The van der Waals surface area contributed by atoms with E-state index in [4.69, 9.17) is 0 Å². The first-order valence-electron chi connectivity index (χ1n) is 6.04. The van der Waals surface area contributed by atoms with Crippen molar-refractivity contribution in [2.45, 2.75) is 6.18 Å². The molecule has 0 atom stereocenters. The van der Waals surface area contributed by atoms with Crippen molar-refractivity contribution in [1.29, 1.82) is 0 Å². The monoisotopic (exact) mass is 291 g/mol. The summed E-state index contributed by atoms with van der Waals surface area (Å²) in [6, 6.07) is 7.85. The van der Waals surface area contributed by atoms with Crippen molar-refractivity contribution in [1.82, 2.24) is 0 Å². The van der Waals surface area contributed by atoms with Gasteiger partial charge in [0.25, 0.3) is 11.8 Å². The minimum Gasteiger partial charge on any atom is -0.269 e. The number of anilines is 1. The lowest BCUT2D eigenvalue weighted by Gasteiger charge is -2.19. The molecule has 1 heterocycles. The van der Waals surface area contributed by atoms with Crippen molar-refractivity contribution in [3.05, 3.63) is 54.1 Å². The lowest BCUT2D eigenvalue weighted by atomic mass is 10.0. The van der Waals surface area contributed by atoms with E-state index < -0.39 is 23.6 Å². The fourth-order valence-electron chi connectivity index (χ4n) is 2.36. The molecule has 0 saturated carbocycles. The SMILES string of the molecule is O=C1C=CC(=O)N1c1ccc(C(F)(F)F)c2ccccc12. The van der Waals surface area contributed by atoms with Crippen LogP contribution in [0.15, 0.2) is 48.6 Å². The van der Waals surface area contributed by atoms with Crippen molar-refractivity contribution in [3.63, 3.8) is 0 Å². The van der Waals surface area contributed by atoms with E-state index in [1.54, 1.807) is 6.07 Å². The average Bonchev–Trinajstić information content (AvgIpc) is 2.76. The van der Waals surface area contributed by atoms with Gasteiger partial charge in [-0.1, -0.05) is 24.3 Å². The summed E-state index contributed by atoms with van der Waals surface area (Å²) < 4.78 is 39.1. The van der Waals surface area contributed by atoms with Crippen LogP contribution in [-0.2, 0) is 15.8 Å². The zero-order valence-corrected chi connectivity index (χ0v) is 10.5. The van der Waals surface area contributed by atoms with Gasteiger partial charge in [0.05, 0.1) is 11.3 Å². The molecule has 1 aliphatic rings. The van der Waals surface area contributed by atoms with Gasteiger partial charge in [0, 0.05) is 17.5 Å². The van der Waals surface area contributed by atoms with Crippen LogP contribution in [0.4, 0.5) is 18.9 Å². The number of benzene rings is 2. The van der Waals surface area contributed by atoms with Crippen LogP contribution in [0, 0.1) is 0 Å². The van der Waals surface area contributed by atoms with Crippen LogP contribution in [0.25, 0.3) is 10.8 Å². The van der Waals surface area contributed by atoms with Crippen molar-refractivity contribution >= 4 is 28.3 Å². The molecule has 0 aliphatic carbocycles. The Balaban J connectivity index is 2.28. The second-order valence-electron chi connectivity index (χ2n) is 4.52. The van der Waals surface area contributed by atoms with E-state index in [0.717, 1.165) is 29.2 Å². The number of fused-ring (bicyclic) bond motifs is 1. The molecule has 3 nitrogen and oxygen atoms in total. The van der Waals surface area contributed by atoms with Gasteiger partial charge in [-0.3, -0.25) is 9.59 Å². The summed E-state index contributed by atoms with van der Waals surface area (Å²) in [5.41, 5.74) is -0.646.